The van der Waals surface area contributed by atoms with E-state index in [1.54, 1.807) is 19.2 Å². The van der Waals surface area contributed by atoms with Gasteiger partial charge in [-0.25, -0.2) is 4.79 Å². The third-order valence-corrected chi connectivity index (χ3v) is 5.62. The van der Waals surface area contributed by atoms with Gasteiger partial charge in [0.15, 0.2) is 0 Å². The van der Waals surface area contributed by atoms with Gasteiger partial charge in [-0.3, -0.25) is 0 Å². The van der Waals surface area contributed by atoms with Crippen molar-refractivity contribution in [1.82, 2.24) is 10.6 Å². The van der Waals surface area contributed by atoms with E-state index in [1.165, 1.54) is 11.8 Å². The van der Waals surface area contributed by atoms with E-state index in [0.717, 1.165) is 22.4 Å². The van der Waals surface area contributed by atoms with Crippen LogP contribution in [0.5, 0.6) is 5.75 Å². The average Bonchev–Trinajstić information content (AvgIpc) is 2.67. The smallest absolute Gasteiger partial charge is 0.320 e. The fraction of sp³-hybridized carbons (Fsp3) is 0.158. The Hall–Kier alpha value is -2.02. The Labute approximate surface area is 167 Å². The molecule has 0 fully saturated rings. The van der Waals surface area contributed by atoms with Crippen LogP contribution in [0.2, 0.25) is 5.02 Å². The summed E-state index contributed by atoms with van der Waals surface area (Å²) in [6.45, 7) is 0. The Morgan fingerprint density at radius 1 is 1.15 bits per heavy atom. The molecule has 7 heteroatoms. The van der Waals surface area contributed by atoms with Crippen molar-refractivity contribution in [2.75, 3.05) is 13.4 Å². The first-order chi connectivity index (χ1) is 12.5. The maximum absolute atomic E-state index is 12.3. The number of nitrogens with one attached hydrogen (secondary N) is 2. The summed E-state index contributed by atoms with van der Waals surface area (Å²) < 4.78 is 5.93. The monoisotopic (exact) mass is 404 g/mol. The highest BCUT2D eigenvalue weighted by Crippen LogP contribution is 2.35. The molecule has 2 aromatic carbocycles. The number of carbonyl (C=O) groups excluding carboxylic acids is 1. The van der Waals surface area contributed by atoms with Crippen molar-refractivity contribution in [3.8, 4) is 5.75 Å². The molecule has 2 amide bonds. The summed E-state index contributed by atoms with van der Waals surface area (Å²) in [5.74, 6) is 0.755. The van der Waals surface area contributed by atoms with Crippen molar-refractivity contribution < 1.29 is 9.53 Å². The number of amides is 2. The summed E-state index contributed by atoms with van der Waals surface area (Å²) in [6.07, 6.45) is 1.93. The van der Waals surface area contributed by atoms with E-state index >= 15 is 0 Å². The van der Waals surface area contributed by atoms with Gasteiger partial charge in [-0.2, -0.15) is 0 Å². The number of carbonyl (C=O) groups is 1. The lowest BCUT2D eigenvalue weighted by atomic mass is 9.93. The van der Waals surface area contributed by atoms with Crippen molar-refractivity contribution in [2.24, 2.45) is 0 Å². The summed E-state index contributed by atoms with van der Waals surface area (Å²) in [5, 5.41) is 6.51. The second-order valence-corrected chi connectivity index (χ2v) is 7.51. The van der Waals surface area contributed by atoms with Gasteiger partial charge in [0.1, 0.15) is 5.75 Å². The molecule has 2 N–H and O–H groups in total. The molecule has 0 aromatic heterocycles. The van der Waals surface area contributed by atoms with Crippen LogP contribution in [0.15, 0.2) is 54.1 Å². The third kappa shape index (κ3) is 3.87. The number of ether oxygens (including phenoxy) is 1. The normalized spacial score (nSPS) is 16.7. The number of thioether (sulfide) groups is 1. The maximum atomic E-state index is 12.3. The highest BCUT2D eigenvalue weighted by atomic mass is 35.5. The zero-order valence-corrected chi connectivity index (χ0v) is 16.6. The van der Waals surface area contributed by atoms with E-state index in [9.17, 15) is 4.79 Å². The SMILES string of the molecule is COc1ccc(C2NC(=O)NC(c3ccc(Cl)cc3)=C2C(=S)SC)cc1. The molecular formula is C19H17ClN2O2S2. The summed E-state index contributed by atoms with van der Waals surface area (Å²) in [6, 6.07) is 14.3. The van der Waals surface area contributed by atoms with Crippen LogP contribution in [0.25, 0.3) is 5.70 Å². The van der Waals surface area contributed by atoms with Gasteiger partial charge in [0.2, 0.25) is 0 Å². The minimum Gasteiger partial charge on any atom is -0.497 e. The molecule has 0 radical (unpaired) electrons. The van der Waals surface area contributed by atoms with Crippen molar-refractivity contribution in [2.45, 2.75) is 6.04 Å². The fourth-order valence-corrected chi connectivity index (χ4v) is 3.57. The highest BCUT2D eigenvalue weighted by Gasteiger charge is 2.31. The van der Waals surface area contributed by atoms with Gasteiger partial charge < -0.3 is 15.4 Å². The molecule has 3 rings (SSSR count). The maximum Gasteiger partial charge on any atom is 0.320 e. The molecule has 1 aliphatic heterocycles. The quantitative estimate of drug-likeness (QED) is 0.718. The molecule has 1 atom stereocenters. The number of benzene rings is 2. The highest BCUT2D eigenvalue weighted by molar-refractivity contribution is 8.23. The van der Waals surface area contributed by atoms with Crippen LogP contribution in [-0.4, -0.2) is 23.6 Å². The molecule has 0 aliphatic carbocycles. The number of thiocarbonyl (C=S) groups is 1. The van der Waals surface area contributed by atoms with E-state index < -0.39 is 0 Å². The minimum absolute atomic E-state index is 0.275. The van der Waals surface area contributed by atoms with Crippen LogP contribution in [0, 0.1) is 0 Å². The summed E-state index contributed by atoms with van der Waals surface area (Å²) in [7, 11) is 1.62. The molecule has 1 aliphatic rings. The number of rotatable bonds is 4. The lowest BCUT2D eigenvalue weighted by molar-refractivity contribution is 0.241. The summed E-state index contributed by atoms with van der Waals surface area (Å²) >= 11 is 13.1. The predicted octanol–water partition coefficient (Wildman–Crippen LogP) is 4.80. The lowest BCUT2D eigenvalue weighted by Crippen LogP contribution is -2.44. The molecule has 1 unspecified atom stereocenters. The molecule has 134 valence electrons. The second kappa shape index (κ2) is 8.12. The van der Waals surface area contributed by atoms with Gasteiger partial charge in [-0.05, 0) is 41.6 Å². The Bertz CT molecular complexity index is 864. The molecule has 0 saturated carbocycles. The van der Waals surface area contributed by atoms with Gasteiger partial charge in [0, 0.05) is 10.6 Å². The summed E-state index contributed by atoms with van der Waals surface area (Å²) in [4.78, 5) is 12.3. The number of hydrogen-bond acceptors (Lipinski definition) is 4. The molecule has 2 aromatic rings. The topological polar surface area (TPSA) is 50.4 Å². The molecule has 1 heterocycles. The molecule has 0 saturated heterocycles. The van der Waals surface area contributed by atoms with Gasteiger partial charge >= 0.3 is 6.03 Å². The van der Waals surface area contributed by atoms with Crippen LogP contribution >= 0.6 is 35.6 Å². The van der Waals surface area contributed by atoms with Gasteiger partial charge in [-0.15, -0.1) is 11.8 Å². The molecule has 0 bridgehead atoms. The fourth-order valence-electron chi connectivity index (χ4n) is 2.79. The van der Waals surface area contributed by atoms with Crippen LogP contribution in [0.3, 0.4) is 0 Å². The predicted molar refractivity (Wildman–Crippen MR) is 112 cm³/mol. The average molecular weight is 405 g/mol. The van der Waals surface area contributed by atoms with Crippen LogP contribution in [-0.2, 0) is 0 Å². The van der Waals surface area contributed by atoms with Gasteiger partial charge in [-0.1, -0.05) is 48.1 Å². The number of hydrogen-bond donors (Lipinski definition) is 2. The van der Waals surface area contributed by atoms with E-state index in [1.807, 2.05) is 42.7 Å². The Kier molecular flexibility index (Phi) is 5.86. The van der Waals surface area contributed by atoms with Crippen molar-refractivity contribution in [3.63, 3.8) is 0 Å². The van der Waals surface area contributed by atoms with E-state index in [4.69, 9.17) is 28.6 Å². The standard InChI is InChI=1S/C19H17ClN2O2S2/c1-24-14-9-5-12(6-10-14)17-15(18(25)26-2)16(21-19(23)22-17)11-3-7-13(20)8-4-11/h3-10,17H,1-2H3,(H2,21,22,23). The van der Waals surface area contributed by atoms with Crippen molar-refractivity contribution in [3.05, 3.63) is 70.3 Å². The van der Waals surface area contributed by atoms with Crippen LogP contribution in [0.1, 0.15) is 17.2 Å². The first-order valence-corrected chi connectivity index (χ1v) is 9.84. The summed E-state index contributed by atoms with van der Waals surface area (Å²) in [5.41, 5.74) is 3.35. The molecule has 4 nitrogen and oxygen atoms in total. The Morgan fingerprint density at radius 3 is 2.38 bits per heavy atom. The second-order valence-electron chi connectivity index (χ2n) is 5.59. The molecule has 26 heavy (non-hydrogen) atoms. The Morgan fingerprint density at radius 2 is 1.81 bits per heavy atom. The van der Waals surface area contributed by atoms with Gasteiger partial charge in [0.25, 0.3) is 0 Å². The number of methoxy groups -OCH3 is 1. The third-order valence-electron chi connectivity index (χ3n) is 4.06. The zero-order chi connectivity index (χ0) is 18.7. The number of halogens is 1. The van der Waals surface area contributed by atoms with E-state index in [0.29, 0.717) is 14.9 Å². The van der Waals surface area contributed by atoms with Crippen molar-refractivity contribution in [1.29, 1.82) is 0 Å². The zero-order valence-electron chi connectivity index (χ0n) is 14.2. The first-order valence-electron chi connectivity index (χ1n) is 7.83. The van der Waals surface area contributed by atoms with Gasteiger partial charge in [0.05, 0.1) is 23.0 Å². The first kappa shape index (κ1) is 18.8. The van der Waals surface area contributed by atoms with E-state index in [-0.39, 0.29) is 12.1 Å². The molecular weight excluding hydrogens is 388 g/mol. The van der Waals surface area contributed by atoms with Crippen molar-refractivity contribution >= 4 is 51.5 Å². The van der Waals surface area contributed by atoms with E-state index in [2.05, 4.69) is 10.6 Å². The molecule has 0 spiro atoms. The largest absolute Gasteiger partial charge is 0.497 e. The van der Waals surface area contributed by atoms with Crippen LogP contribution in [0.4, 0.5) is 4.79 Å². The minimum atomic E-state index is -0.347. The lowest BCUT2D eigenvalue weighted by Gasteiger charge is -2.31. The number of urea groups is 1. The van der Waals surface area contributed by atoms with Crippen LogP contribution < -0.4 is 15.4 Å². The Balaban J connectivity index is 2.14.